The molecular formula is C18H22N2O5. The van der Waals surface area contributed by atoms with Gasteiger partial charge in [0.1, 0.15) is 11.5 Å². The second-order valence-corrected chi connectivity index (χ2v) is 6.02. The topological polar surface area (TPSA) is 90.7 Å². The molecule has 1 aromatic heterocycles. The van der Waals surface area contributed by atoms with Crippen molar-refractivity contribution in [2.45, 2.75) is 33.6 Å². The Morgan fingerprint density at radius 2 is 1.96 bits per heavy atom. The number of nitrogens with zero attached hydrogens (tertiary/aromatic N) is 1. The summed E-state index contributed by atoms with van der Waals surface area (Å²) < 4.78 is 15.3. The summed E-state index contributed by atoms with van der Waals surface area (Å²) in [6.07, 6.45) is 0. The number of amides is 1. The lowest BCUT2D eigenvalue weighted by Gasteiger charge is -2.14. The fourth-order valence-corrected chi connectivity index (χ4v) is 2.17. The molecule has 0 spiro atoms. The molecule has 1 heterocycles. The summed E-state index contributed by atoms with van der Waals surface area (Å²) in [7, 11) is 0. The Hall–Kier alpha value is -2.83. The number of hydrogen-bond acceptors (Lipinski definition) is 6. The third kappa shape index (κ3) is 5.63. The Bertz CT molecular complexity index is 752. The van der Waals surface area contributed by atoms with Crippen LogP contribution in [-0.4, -0.2) is 30.2 Å². The van der Waals surface area contributed by atoms with Gasteiger partial charge in [-0.2, -0.15) is 0 Å². The smallest absolute Gasteiger partial charge is 0.344 e. The van der Waals surface area contributed by atoms with Gasteiger partial charge < -0.3 is 19.3 Å². The van der Waals surface area contributed by atoms with E-state index in [1.54, 1.807) is 13.0 Å². The largest absolute Gasteiger partial charge is 0.482 e. The second kappa shape index (κ2) is 8.32. The molecule has 0 aliphatic rings. The number of benzene rings is 1. The van der Waals surface area contributed by atoms with Crippen LogP contribution >= 0.6 is 0 Å². The first-order valence-electron chi connectivity index (χ1n) is 7.97. The van der Waals surface area contributed by atoms with Crippen LogP contribution < -0.4 is 10.1 Å². The maximum absolute atomic E-state index is 11.8. The lowest BCUT2D eigenvalue weighted by Crippen LogP contribution is -2.24. The molecule has 7 nitrogen and oxygen atoms in total. The molecule has 1 aromatic carbocycles. The number of rotatable bonds is 7. The molecular weight excluding hydrogens is 324 g/mol. The Morgan fingerprint density at radius 3 is 2.60 bits per heavy atom. The van der Waals surface area contributed by atoms with E-state index in [1.807, 2.05) is 39.0 Å². The van der Waals surface area contributed by atoms with Gasteiger partial charge in [0, 0.05) is 6.07 Å². The fraction of sp³-hybridized carbons (Fsp3) is 0.389. The molecule has 1 N–H and O–H groups in total. The number of hydrogen-bond donors (Lipinski definition) is 1. The summed E-state index contributed by atoms with van der Waals surface area (Å²) >= 11 is 0. The van der Waals surface area contributed by atoms with E-state index < -0.39 is 18.5 Å². The van der Waals surface area contributed by atoms with E-state index in [-0.39, 0.29) is 18.3 Å². The summed E-state index contributed by atoms with van der Waals surface area (Å²) in [4.78, 5) is 23.5. The highest BCUT2D eigenvalue weighted by atomic mass is 16.6. The van der Waals surface area contributed by atoms with E-state index in [2.05, 4.69) is 10.5 Å². The summed E-state index contributed by atoms with van der Waals surface area (Å²) in [6.45, 7) is 7.07. The Kier molecular flexibility index (Phi) is 6.16. The van der Waals surface area contributed by atoms with Gasteiger partial charge in [-0.3, -0.25) is 4.79 Å². The molecule has 0 aliphatic carbocycles. The standard InChI is InChI=1S/C18H22N2O5/c1-11(2)14-6-5-12(3)7-15(14)23-10-18(22)24-9-17(21)19-16-8-13(4)25-20-16/h5-8,11H,9-10H2,1-4H3,(H,19,20,21). The van der Waals surface area contributed by atoms with Gasteiger partial charge in [-0.05, 0) is 37.0 Å². The summed E-state index contributed by atoms with van der Waals surface area (Å²) in [5, 5.41) is 6.08. The molecule has 2 aromatic rings. The third-order valence-corrected chi connectivity index (χ3v) is 3.40. The highest BCUT2D eigenvalue weighted by molar-refractivity contribution is 5.91. The van der Waals surface area contributed by atoms with E-state index in [0.717, 1.165) is 11.1 Å². The van der Waals surface area contributed by atoms with E-state index in [0.29, 0.717) is 11.5 Å². The predicted octanol–water partition coefficient (Wildman–Crippen LogP) is 2.98. The molecule has 0 bridgehead atoms. The predicted molar refractivity (Wildman–Crippen MR) is 91.6 cm³/mol. The lowest BCUT2D eigenvalue weighted by molar-refractivity contribution is -0.149. The first-order valence-corrected chi connectivity index (χ1v) is 7.97. The van der Waals surface area contributed by atoms with Gasteiger partial charge in [-0.25, -0.2) is 4.79 Å². The van der Waals surface area contributed by atoms with Gasteiger partial charge >= 0.3 is 5.97 Å². The van der Waals surface area contributed by atoms with E-state index in [4.69, 9.17) is 14.0 Å². The summed E-state index contributed by atoms with van der Waals surface area (Å²) in [5.41, 5.74) is 2.05. The minimum absolute atomic E-state index is 0.264. The molecule has 25 heavy (non-hydrogen) atoms. The highest BCUT2D eigenvalue weighted by Crippen LogP contribution is 2.27. The van der Waals surface area contributed by atoms with Crippen molar-refractivity contribution in [3.63, 3.8) is 0 Å². The number of aryl methyl sites for hydroxylation is 2. The average molecular weight is 346 g/mol. The molecule has 0 saturated carbocycles. The van der Waals surface area contributed by atoms with Crippen LogP contribution in [0.4, 0.5) is 5.82 Å². The van der Waals surface area contributed by atoms with Crippen LogP contribution in [0, 0.1) is 13.8 Å². The second-order valence-electron chi connectivity index (χ2n) is 6.02. The number of ether oxygens (including phenoxy) is 2. The van der Waals surface area contributed by atoms with E-state index in [9.17, 15) is 9.59 Å². The van der Waals surface area contributed by atoms with Gasteiger partial charge in [0.2, 0.25) is 0 Å². The van der Waals surface area contributed by atoms with Crippen LogP contribution in [0.1, 0.15) is 36.7 Å². The van der Waals surface area contributed by atoms with Gasteiger partial charge in [0.25, 0.3) is 5.91 Å². The zero-order valence-electron chi connectivity index (χ0n) is 14.8. The van der Waals surface area contributed by atoms with Gasteiger partial charge in [-0.15, -0.1) is 0 Å². The van der Waals surface area contributed by atoms with Crippen molar-refractivity contribution in [3.05, 3.63) is 41.2 Å². The maximum Gasteiger partial charge on any atom is 0.344 e. The molecule has 0 atom stereocenters. The molecule has 0 fully saturated rings. The maximum atomic E-state index is 11.8. The van der Waals surface area contributed by atoms with Crippen molar-refractivity contribution in [2.24, 2.45) is 0 Å². The van der Waals surface area contributed by atoms with Crippen LogP contribution in [0.15, 0.2) is 28.8 Å². The molecule has 0 unspecified atom stereocenters. The van der Waals surface area contributed by atoms with Crippen molar-refractivity contribution in [1.82, 2.24) is 5.16 Å². The van der Waals surface area contributed by atoms with E-state index >= 15 is 0 Å². The van der Waals surface area contributed by atoms with Crippen LogP contribution in [-0.2, 0) is 14.3 Å². The van der Waals surface area contributed by atoms with Crippen LogP contribution in [0.25, 0.3) is 0 Å². The first-order chi connectivity index (χ1) is 11.8. The molecule has 2 rings (SSSR count). The molecule has 134 valence electrons. The Morgan fingerprint density at radius 1 is 1.20 bits per heavy atom. The quantitative estimate of drug-likeness (QED) is 0.775. The number of carbonyl (C=O) groups excluding carboxylic acids is 2. The van der Waals surface area contributed by atoms with Gasteiger partial charge in [0.15, 0.2) is 19.0 Å². The lowest BCUT2D eigenvalue weighted by atomic mass is 10.0. The van der Waals surface area contributed by atoms with Crippen molar-refractivity contribution < 1.29 is 23.6 Å². The molecule has 0 saturated heterocycles. The zero-order chi connectivity index (χ0) is 18.4. The minimum Gasteiger partial charge on any atom is -0.482 e. The van der Waals surface area contributed by atoms with Crippen molar-refractivity contribution in [1.29, 1.82) is 0 Å². The Labute approximate surface area is 146 Å². The molecule has 7 heteroatoms. The molecule has 0 radical (unpaired) electrons. The van der Waals surface area contributed by atoms with Crippen molar-refractivity contribution in [2.75, 3.05) is 18.5 Å². The third-order valence-electron chi connectivity index (χ3n) is 3.40. The minimum atomic E-state index is -0.623. The van der Waals surface area contributed by atoms with Crippen LogP contribution in [0.2, 0.25) is 0 Å². The summed E-state index contributed by atoms with van der Waals surface area (Å²) in [6, 6.07) is 7.42. The number of anilines is 1. The van der Waals surface area contributed by atoms with Gasteiger partial charge in [-0.1, -0.05) is 31.1 Å². The van der Waals surface area contributed by atoms with Crippen molar-refractivity contribution in [3.8, 4) is 5.75 Å². The number of aromatic nitrogens is 1. The van der Waals surface area contributed by atoms with Gasteiger partial charge in [0.05, 0.1) is 0 Å². The number of nitrogens with one attached hydrogen (secondary N) is 1. The number of esters is 1. The average Bonchev–Trinajstić information content (AvgIpc) is 2.95. The van der Waals surface area contributed by atoms with Crippen molar-refractivity contribution >= 4 is 17.7 Å². The SMILES string of the molecule is Cc1ccc(C(C)C)c(OCC(=O)OCC(=O)Nc2cc(C)on2)c1. The normalized spacial score (nSPS) is 10.6. The number of carbonyl (C=O) groups is 2. The summed E-state index contributed by atoms with van der Waals surface area (Å²) in [5.74, 6) is 0.636. The van der Waals surface area contributed by atoms with Crippen LogP contribution in [0.3, 0.4) is 0 Å². The monoisotopic (exact) mass is 346 g/mol. The molecule has 0 aliphatic heterocycles. The van der Waals surface area contributed by atoms with E-state index in [1.165, 1.54) is 0 Å². The Balaban J connectivity index is 1.81. The van der Waals surface area contributed by atoms with Crippen LogP contribution in [0.5, 0.6) is 5.75 Å². The first kappa shape index (κ1) is 18.5. The fourth-order valence-electron chi connectivity index (χ4n) is 2.17. The highest BCUT2D eigenvalue weighted by Gasteiger charge is 2.13. The zero-order valence-corrected chi connectivity index (χ0v) is 14.8. The molecule has 1 amide bonds.